The summed E-state index contributed by atoms with van der Waals surface area (Å²) in [5, 5.41) is 11.3. The monoisotopic (exact) mass is 270 g/mol. The first-order valence-electron chi connectivity index (χ1n) is 5.87. The zero-order chi connectivity index (χ0) is 14.4. The van der Waals surface area contributed by atoms with Crippen LogP contribution >= 0.6 is 0 Å². The SMILES string of the molecule is N#Cc1c(F)cccc1NC(=O)COc1ccccc1. The molecule has 0 saturated carbocycles. The van der Waals surface area contributed by atoms with Crippen LogP contribution in [0, 0.1) is 17.1 Å². The summed E-state index contributed by atoms with van der Waals surface area (Å²) in [6, 6.07) is 14.6. The van der Waals surface area contributed by atoms with Crippen LogP contribution in [0.5, 0.6) is 5.75 Å². The summed E-state index contributed by atoms with van der Waals surface area (Å²) in [5.74, 6) is -0.576. The second-order valence-electron chi connectivity index (χ2n) is 3.92. The summed E-state index contributed by atoms with van der Waals surface area (Å²) in [7, 11) is 0. The fourth-order valence-corrected chi connectivity index (χ4v) is 1.59. The van der Waals surface area contributed by atoms with Crippen molar-refractivity contribution in [2.24, 2.45) is 0 Å². The number of amides is 1. The molecule has 20 heavy (non-hydrogen) atoms. The van der Waals surface area contributed by atoms with Crippen molar-refractivity contribution in [3.05, 3.63) is 59.9 Å². The molecule has 0 unspecified atom stereocenters. The molecule has 0 aromatic heterocycles. The van der Waals surface area contributed by atoms with Crippen molar-refractivity contribution in [1.82, 2.24) is 0 Å². The maximum Gasteiger partial charge on any atom is 0.262 e. The van der Waals surface area contributed by atoms with Crippen LogP contribution in [0.2, 0.25) is 0 Å². The molecule has 0 atom stereocenters. The van der Waals surface area contributed by atoms with Gasteiger partial charge >= 0.3 is 0 Å². The third-order valence-electron chi connectivity index (χ3n) is 2.51. The van der Waals surface area contributed by atoms with Gasteiger partial charge in [-0.25, -0.2) is 4.39 Å². The van der Waals surface area contributed by atoms with Gasteiger partial charge in [-0.05, 0) is 24.3 Å². The lowest BCUT2D eigenvalue weighted by Crippen LogP contribution is -2.20. The Morgan fingerprint density at radius 3 is 2.65 bits per heavy atom. The van der Waals surface area contributed by atoms with E-state index in [2.05, 4.69) is 5.32 Å². The maximum absolute atomic E-state index is 13.3. The van der Waals surface area contributed by atoms with Crippen LogP contribution < -0.4 is 10.1 Å². The standard InChI is InChI=1S/C15H11FN2O2/c16-13-7-4-8-14(12(13)9-17)18-15(19)10-20-11-5-2-1-3-6-11/h1-8H,10H2,(H,18,19). The molecule has 0 radical (unpaired) electrons. The number of halogens is 1. The lowest BCUT2D eigenvalue weighted by molar-refractivity contribution is -0.118. The lowest BCUT2D eigenvalue weighted by atomic mass is 10.2. The van der Waals surface area contributed by atoms with Crippen molar-refractivity contribution < 1.29 is 13.9 Å². The van der Waals surface area contributed by atoms with Gasteiger partial charge in [0.05, 0.1) is 5.69 Å². The van der Waals surface area contributed by atoms with Crippen LogP contribution in [-0.2, 0) is 4.79 Å². The first kappa shape index (κ1) is 13.6. The molecule has 2 rings (SSSR count). The summed E-state index contributed by atoms with van der Waals surface area (Å²) < 4.78 is 18.6. The molecule has 0 aliphatic carbocycles. The molecule has 2 aromatic rings. The zero-order valence-corrected chi connectivity index (χ0v) is 10.5. The van der Waals surface area contributed by atoms with Gasteiger partial charge in [0.1, 0.15) is 23.2 Å². The average Bonchev–Trinajstić information content (AvgIpc) is 2.46. The van der Waals surface area contributed by atoms with Gasteiger partial charge in [-0.1, -0.05) is 24.3 Å². The first-order chi connectivity index (χ1) is 9.70. The minimum absolute atomic E-state index is 0.133. The van der Waals surface area contributed by atoms with E-state index in [1.165, 1.54) is 12.1 Å². The van der Waals surface area contributed by atoms with Crippen LogP contribution in [0.1, 0.15) is 5.56 Å². The van der Waals surface area contributed by atoms with Crippen molar-refractivity contribution in [2.45, 2.75) is 0 Å². The smallest absolute Gasteiger partial charge is 0.262 e. The molecule has 1 amide bonds. The number of carbonyl (C=O) groups is 1. The van der Waals surface area contributed by atoms with Crippen molar-refractivity contribution in [3.8, 4) is 11.8 Å². The summed E-state index contributed by atoms with van der Waals surface area (Å²) in [6.07, 6.45) is 0. The van der Waals surface area contributed by atoms with Crippen LogP contribution in [0.25, 0.3) is 0 Å². The molecular formula is C15H11FN2O2. The molecule has 0 aliphatic rings. The predicted molar refractivity (Wildman–Crippen MR) is 71.7 cm³/mol. The van der Waals surface area contributed by atoms with Crippen LogP contribution in [0.15, 0.2) is 48.5 Å². The minimum Gasteiger partial charge on any atom is -0.484 e. The lowest BCUT2D eigenvalue weighted by Gasteiger charge is -2.08. The van der Waals surface area contributed by atoms with E-state index in [1.54, 1.807) is 30.3 Å². The third-order valence-corrected chi connectivity index (χ3v) is 2.51. The number of benzene rings is 2. The maximum atomic E-state index is 13.3. The van der Waals surface area contributed by atoms with Gasteiger partial charge < -0.3 is 10.1 Å². The van der Waals surface area contributed by atoms with Gasteiger partial charge in [0.25, 0.3) is 5.91 Å². The fourth-order valence-electron chi connectivity index (χ4n) is 1.59. The molecule has 5 heteroatoms. The van der Waals surface area contributed by atoms with E-state index in [0.29, 0.717) is 5.75 Å². The normalized spacial score (nSPS) is 9.60. The van der Waals surface area contributed by atoms with E-state index in [-0.39, 0.29) is 17.9 Å². The Kier molecular flexibility index (Phi) is 4.30. The number of para-hydroxylation sites is 1. The highest BCUT2D eigenvalue weighted by Gasteiger charge is 2.10. The Labute approximate surface area is 115 Å². The Balaban J connectivity index is 1.99. The number of ether oxygens (including phenoxy) is 1. The second-order valence-corrected chi connectivity index (χ2v) is 3.92. The van der Waals surface area contributed by atoms with Gasteiger partial charge in [-0.3, -0.25) is 4.79 Å². The molecule has 0 fully saturated rings. The van der Waals surface area contributed by atoms with Crippen LogP contribution in [-0.4, -0.2) is 12.5 Å². The highest BCUT2D eigenvalue weighted by atomic mass is 19.1. The first-order valence-corrected chi connectivity index (χ1v) is 5.87. The number of nitriles is 1. The third kappa shape index (κ3) is 3.33. The molecule has 0 heterocycles. The average molecular weight is 270 g/mol. The topological polar surface area (TPSA) is 62.1 Å². The summed E-state index contributed by atoms with van der Waals surface area (Å²) in [5.41, 5.74) is -0.0604. The Hall–Kier alpha value is -2.87. The van der Waals surface area contributed by atoms with Crippen molar-refractivity contribution in [1.29, 1.82) is 5.26 Å². The van der Waals surface area contributed by atoms with Gasteiger partial charge in [0, 0.05) is 0 Å². The molecule has 0 bridgehead atoms. The van der Waals surface area contributed by atoms with Gasteiger partial charge in [-0.15, -0.1) is 0 Å². The summed E-state index contributed by atoms with van der Waals surface area (Å²) >= 11 is 0. The minimum atomic E-state index is -0.672. The highest BCUT2D eigenvalue weighted by Crippen LogP contribution is 2.17. The fraction of sp³-hybridized carbons (Fsp3) is 0.0667. The predicted octanol–water partition coefficient (Wildman–Crippen LogP) is 2.71. The summed E-state index contributed by atoms with van der Waals surface area (Å²) in [6.45, 7) is -0.217. The number of hydrogen-bond acceptors (Lipinski definition) is 3. The van der Waals surface area contributed by atoms with Crippen LogP contribution in [0.4, 0.5) is 10.1 Å². The number of rotatable bonds is 4. The van der Waals surface area contributed by atoms with Crippen molar-refractivity contribution >= 4 is 11.6 Å². The van der Waals surface area contributed by atoms with E-state index in [1.807, 2.05) is 6.07 Å². The molecule has 4 nitrogen and oxygen atoms in total. The van der Waals surface area contributed by atoms with Gasteiger partial charge in [0.2, 0.25) is 0 Å². The molecule has 1 N–H and O–H groups in total. The molecular weight excluding hydrogens is 259 g/mol. The Morgan fingerprint density at radius 1 is 1.20 bits per heavy atom. The van der Waals surface area contributed by atoms with Gasteiger partial charge in [0.15, 0.2) is 6.61 Å². The molecule has 0 spiro atoms. The van der Waals surface area contributed by atoms with Crippen molar-refractivity contribution in [3.63, 3.8) is 0 Å². The number of hydrogen-bond donors (Lipinski definition) is 1. The summed E-state index contributed by atoms with van der Waals surface area (Å²) in [4.78, 5) is 11.7. The number of anilines is 1. The number of carbonyl (C=O) groups excluding carboxylic acids is 1. The van der Waals surface area contributed by atoms with Crippen LogP contribution in [0.3, 0.4) is 0 Å². The van der Waals surface area contributed by atoms with E-state index < -0.39 is 11.7 Å². The number of nitrogens with one attached hydrogen (secondary N) is 1. The van der Waals surface area contributed by atoms with E-state index in [9.17, 15) is 9.18 Å². The molecule has 2 aromatic carbocycles. The Morgan fingerprint density at radius 2 is 1.95 bits per heavy atom. The zero-order valence-electron chi connectivity index (χ0n) is 10.5. The highest BCUT2D eigenvalue weighted by molar-refractivity contribution is 5.93. The van der Waals surface area contributed by atoms with E-state index in [0.717, 1.165) is 6.07 Å². The molecule has 100 valence electrons. The molecule has 0 aliphatic heterocycles. The largest absolute Gasteiger partial charge is 0.484 e. The van der Waals surface area contributed by atoms with Crippen molar-refractivity contribution in [2.75, 3.05) is 11.9 Å². The number of nitrogens with zero attached hydrogens (tertiary/aromatic N) is 1. The quantitative estimate of drug-likeness (QED) is 0.929. The van der Waals surface area contributed by atoms with E-state index in [4.69, 9.17) is 10.00 Å². The van der Waals surface area contributed by atoms with Gasteiger partial charge in [-0.2, -0.15) is 5.26 Å². The molecule has 0 saturated heterocycles. The van der Waals surface area contributed by atoms with E-state index >= 15 is 0 Å². The Bertz CT molecular complexity index is 651. The second kappa shape index (κ2) is 6.34.